The molecule has 1 aliphatic carbocycles. The van der Waals surface area contributed by atoms with Gasteiger partial charge in [0, 0.05) is 5.92 Å². The average Bonchev–Trinajstić information content (AvgIpc) is 3.16. The lowest BCUT2D eigenvalue weighted by atomic mass is 9.98. The summed E-state index contributed by atoms with van der Waals surface area (Å²) in [6, 6.07) is 17.9. The van der Waals surface area contributed by atoms with Crippen LogP contribution < -0.4 is 10.6 Å². The summed E-state index contributed by atoms with van der Waals surface area (Å²) in [5.41, 5.74) is 3.87. The highest BCUT2D eigenvalue weighted by Gasteiger charge is 2.30. The molecule has 0 heterocycles. The Morgan fingerprint density at radius 2 is 1.57 bits per heavy atom. The Morgan fingerprint density at radius 1 is 0.971 bits per heavy atom. The summed E-state index contributed by atoms with van der Waals surface area (Å²) in [6.07, 6.45) is -0.777. The molecule has 0 aromatic heterocycles. The van der Waals surface area contributed by atoms with Crippen molar-refractivity contribution in [1.82, 2.24) is 5.32 Å². The summed E-state index contributed by atoms with van der Waals surface area (Å²) in [4.78, 5) is 36.6. The van der Waals surface area contributed by atoms with Crippen molar-refractivity contribution in [3.63, 3.8) is 0 Å². The zero-order chi connectivity index (χ0) is 25.1. The molecule has 0 saturated heterocycles. The number of aromatic carboxylic acids is 1. The van der Waals surface area contributed by atoms with E-state index in [1.165, 1.54) is 0 Å². The minimum Gasteiger partial charge on any atom is -0.478 e. The van der Waals surface area contributed by atoms with Gasteiger partial charge in [-0.1, -0.05) is 62.4 Å². The molecule has 2 amide bonds. The van der Waals surface area contributed by atoms with Crippen LogP contribution in [0.25, 0.3) is 11.1 Å². The first-order valence-corrected chi connectivity index (χ1v) is 11.2. The molecule has 3 N–H and O–H groups in total. The lowest BCUT2D eigenvalue weighted by Gasteiger charge is -2.22. The third kappa shape index (κ3) is 5.01. The predicted molar refractivity (Wildman–Crippen MR) is 129 cm³/mol. The van der Waals surface area contributed by atoms with E-state index in [0.717, 1.165) is 40.5 Å². The van der Waals surface area contributed by atoms with Crippen LogP contribution in [0.1, 0.15) is 41.3 Å². The topological polar surface area (TPSA) is 105 Å². The van der Waals surface area contributed by atoms with Crippen molar-refractivity contribution in [2.45, 2.75) is 25.8 Å². The van der Waals surface area contributed by atoms with Crippen LogP contribution in [0, 0.1) is 11.7 Å². The number of hydrogen-bond acceptors (Lipinski definition) is 4. The van der Waals surface area contributed by atoms with Crippen LogP contribution in [-0.4, -0.2) is 35.7 Å². The molecule has 1 unspecified atom stereocenters. The smallest absolute Gasteiger partial charge is 0.407 e. The minimum atomic E-state index is -1.25. The Morgan fingerprint density at radius 3 is 2.14 bits per heavy atom. The number of fused-ring (bicyclic) bond motifs is 3. The van der Waals surface area contributed by atoms with Crippen LogP contribution in [0.2, 0.25) is 0 Å². The number of rotatable bonds is 7. The largest absolute Gasteiger partial charge is 0.478 e. The Balaban J connectivity index is 1.43. The van der Waals surface area contributed by atoms with Gasteiger partial charge >= 0.3 is 12.1 Å². The van der Waals surface area contributed by atoms with Crippen LogP contribution >= 0.6 is 0 Å². The first-order valence-electron chi connectivity index (χ1n) is 11.2. The van der Waals surface area contributed by atoms with Gasteiger partial charge in [-0.15, -0.1) is 0 Å². The van der Waals surface area contributed by atoms with Crippen LogP contribution in [0.5, 0.6) is 0 Å². The molecule has 0 aliphatic heterocycles. The summed E-state index contributed by atoms with van der Waals surface area (Å²) >= 11 is 0. The highest BCUT2D eigenvalue weighted by Crippen LogP contribution is 2.44. The van der Waals surface area contributed by atoms with E-state index in [1.54, 1.807) is 13.8 Å². The molecule has 8 heteroatoms. The molecular formula is C27H25FN2O5. The van der Waals surface area contributed by atoms with Crippen molar-refractivity contribution in [1.29, 1.82) is 0 Å². The highest BCUT2D eigenvalue weighted by atomic mass is 19.1. The first-order chi connectivity index (χ1) is 16.8. The quantitative estimate of drug-likeness (QED) is 0.444. The van der Waals surface area contributed by atoms with Crippen molar-refractivity contribution in [3.8, 4) is 11.1 Å². The van der Waals surface area contributed by atoms with Gasteiger partial charge in [0.05, 0.1) is 11.3 Å². The van der Waals surface area contributed by atoms with Crippen LogP contribution in [0.3, 0.4) is 0 Å². The highest BCUT2D eigenvalue weighted by molar-refractivity contribution is 5.98. The number of halogens is 1. The maximum atomic E-state index is 14.1. The van der Waals surface area contributed by atoms with Crippen LogP contribution in [0.15, 0.2) is 66.7 Å². The van der Waals surface area contributed by atoms with Crippen molar-refractivity contribution in [2.24, 2.45) is 5.92 Å². The van der Waals surface area contributed by atoms with Gasteiger partial charge in [-0.2, -0.15) is 0 Å². The standard InChI is InChI=1S/C27H25FN2O5/c1-15(2)24(25(31)29-23-13-16(26(32)33)11-12-22(23)28)30-27(34)35-14-21-19-9-5-3-7-17(19)18-8-4-6-10-20(18)21/h3-13,15,21,24H,14H2,1-2H3,(H,29,31)(H,30,34)(H,32,33). The van der Waals surface area contributed by atoms with E-state index in [4.69, 9.17) is 9.84 Å². The van der Waals surface area contributed by atoms with E-state index in [0.29, 0.717) is 0 Å². The second-order valence-corrected chi connectivity index (χ2v) is 8.68. The number of carbonyl (C=O) groups is 3. The number of carbonyl (C=O) groups excluding carboxylic acids is 2. The molecule has 1 aliphatic rings. The zero-order valence-corrected chi connectivity index (χ0v) is 19.2. The van der Waals surface area contributed by atoms with Gasteiger partial charge in [-0.05, 0) is 46.4 Å². The molecule has 3 aromatic carbocycles. The van der Waals surface area contributed by atoms with Gasteiger partial charge in [0.2, 0.25) is 5.91 Å². The monoisotopic (exact) mass is 476 g/mol. The van der Waals surface area contributed by atoms with Gasteiger partial charge in [-0.25, -0.2) is 14.0 Å². The molecule has 0 saturated carbocycles. The Bertz CT molecular complexity index is 1240. The Hall–Kier alpha value is -4.20. The molecule has 3 aromatic rings. The second-order valence-electron chi connectivity index (χ2n) is 8.68. The molecule has 180 valence electrons. The molecule has 7 nitrogen and oxygen atoms in total. The maximum Gasteiger partial charge on any atom is 0.407 e. The fourth-order valence-electron chi connectivity index (χ4n) is 4.27. The maximum absolute atomic E-state index is 14.1. The van der Waals surface area contributed by atoms with Crippen LogP contribution in [-0.2, 0) is 9.53 Å². The summed E-state index contributed by atoms with van der Waals surface area (Å²) in [6.45, 7) is 3.53. The number of ether oxygens (including phenoxy) is 1. The van der Waals surface area contributed by atoms with Crippen molar-refractivity contribution in [3.05, 3.63) is 89.2 Å². The number of carboxylic acids is 1. The fourth-order valence-corrected chi connectivity index (χ4v) is 4.27. The molecule has 0 bridgehead atoms. The average molecular weight is 477 g/mol. The summed E-state index contributed by atoms with van der Waals surface area (Å²) in [5, 5.41) is 14.0. The summed E-state index contributed by atoms with van der Waals surface area (Å²) in [5.74, 6) is -3.20. The first kappa shape index (κ1) is 23.9. The summed E-state index contributed by atoms with van der Waals surface area (Å²) < 4.78 is 19.6. The van der Waals surface area contributed by atoms with Gasteiger partial charge < -0.3 is 20.5 Å². The lowest BCUT2D eigenvalue weighted by Crippen LogP contribution is -2.47. The van der Waals surface area contributed by atoms with Gasteiger partial charge in [0.1, 0.15) is 18.5 Å². The molecule has 35 heavy (non-hydrogen) atoms. The van der Waals surface area contributed by atoms with Crippen LogP contribution in [0.4, 0.5) is 14.9 Å². The Labute approximate surface area is 201 Å². The van der Waals surface area contributed by atoms with E-state index < -0.39 is 29.8 Å². The second kappa shape index (κ2) is 9.97. The Kier molecular flexibility index (Phi) is 6.82. The van der Waals surface area contributed by atoms with E-state index in [-0.39, 0.29) is 29.7 Å². The normalized spacial score (nSPS) is 13.0. The predicted octanol–water partition coefficient (Wildman–Crippen LogP) is 5.03. The van der Waals surface area contributed by atoms with E-state index in [2.05, 4.69) is 10.6 Å². The zero-order valence-electron chi connectivity index (χ0n) is 19.2. The van der Waals surface area contributed by atoms with Gasteiger partial charge in [0.25, 0.3) is 0 Å². The third-order valence-electron chi connectivity index (χ3n) is 6.04. The van der Waals surface area contributed by atoms with Crippen molar-refractivity contribution in [2.75, 3.05) is 11.9 Å². The molecule has 0 radical (unpaired) electrons. The minimum absolute atomic E-state index is 0.0849. The molecule has 4 rings (SSSR count). The van der Waals surface area contributed by atoms with Gasteiger partial charge in [0.15, 0.2) is 0 Å². The van der Waals surface area contributed by atoms with E-state index in [9.17, 15) is 18.8 Å². The number of carboxylic acid groups (broad SMARTS) is 1. The molecule has 1 atom stereocenters. The fraction of sp³-hybridized carbons (Fsp3) is 0.222. The third-order valence-corrected chi connectivity index (χ3v) is 6.04. The number of alkyl carbamates (subject to hydrolysis) is 1. The molecular weight excluding hydrogens is 451 g/mol. The van der Waals surface area contributed by atoms with Crippen molar-refractivity contribution >= 4 is 23.7 Å². The number of anilines is 1. The van der Waals surface area contributed by atoms with E-state index in [1.807, 2.05) is 48.5 Å². The number of nitrogens with one attached hydrogen (secondary N) is 2. The molecule has 0 fully saturated rings. The SMILES string of the molecule is CC(C)C(NC(=O)OCC1c2ccccc2-c2ccccc21)C(=O)Nc1cc(C(=O)O)ccc1F. The lowest BCUT2D eigenvalue weighted by molar-refractivity contribution is -0.119. The molecule has 0 spiro atoms. The van der Waals surface area contributed by atoms with Crippen molar-refractivity contribution < 1.29 is 28.6 Å². The number of benzene rings is 3. The summed E-state index contributed by atoms with van der Waals surface area (Å²) in [7, 11) is 0. The van der Waals surface area contributed by atoms with Gasteiger partial charge in [-0.3, -0.25) is 4.79 Å². The number of amides is 2. The number of hydrogen-bond donors (Lipinski definition) is 3. The van der Waals surface area contributed by atoms with E-state index >= 15 is 0 Å².